The zero-order valence-electron chi connectivity index (χ0n) is 21.2. The van der Waals surface area contributed by atoms with E-state index in [0.717, 1.165) is 34.0 Å². The highest BCUT2D eigenvalue weighted by atomic mass is 16.6. The minimum absolute atomic E-state index is 0.0656. The normalized spacial score (nSPS) is 17.8. The summed E-state index contributed by atoms with van der Waals surface area (Å²) in [7, 11) is 0. The van der Waals surface area contributed by atoms with E-state index in [0.29, 0.717) is 34.6 Å². The van der Waals surface area contributed by atoms with Gasteiger partial charge in [-0.15, -0.1) is 0 Å². The van der Waals surface area contributed by atoms with E-state index in [4.69, 9.17) is 9.72 Å². The maximum absolute atomic E-state index is 13.4. The third kappa shape index (κ3) is 3.62. The molecule has 38 heavy (non-hydrogen) atoms. The SMILES string of the molecule is CCc1cc(/C=C/C(=O)c2ccccc2)cc2cc3c(nc12)-c1cc2c(c(=O)n1C3)COC(=O)[C@]2(O)CC. The van der Waals surface area contributed by atoms with Crippen molar-refractivity contribution >= 4 is 28.7 Å². The van der Waals surface area contributed by atoms with Gasteiger partial charge in [0.15, 0.2) is 11.4 Å². The van der Waals surface area contributed by atoms with Crippen LogP contribution in [-0.2, 0) is 34.7 Å². The molecule has 0 spiro atoms. The molecule has 2 aliphatic heterocycles. The molecule has 1 N–H and O–H groups in total. The molecule has 0 bridgehead atoms. The Balaban J connectivity index is 1.45. The molecule has 0 radical (unpaired) electrons. The van der Waals surface area contributed by atoms with Crippen LogP contribution >= 0.6 is 0 Å². The molecule has 2 aromatic carbocycles. The van der Waals surface area contributed by atoms with Gasteiger partial charge in [-0.25, -0.2) is 9.78 Å². The van der Waals surface area contributed by atoms with Gasteiger partial charge in [0.25, 0.3) is 5.56 Å². The first-order chi connectivity index (χ1) is 18.3. The van der Waals surface area contributed by atoms with Crippen molar-refractivity contribution in [1.82, 2.24) is 9.55 Å². The van der Waals surface area contributed by atoms with Crippen molar-refractivity contribution in [2.75, 3.05) is 0 Å². The van der Waals surface area contributed by atoms with Crippen LogP contribution in [0.25, 0.3) is 28.4 Å². The van der Waals surface area contributed by atoms with E-state index >= 15 is 0 Å². The van der Waals surface area contributed by atoms with Crippen molar-refractivity contribution in [3.8, 4) is 11.4 Å². The van der Waals surface area contributed by atoms with Gasteiger partial charge >= 0.3 is 5.97 Å². The fourth-order valence-corrected chi connectivity index (χ4v) is 5.43. The van der Waals surface area contributed by atoms with Gasteiger partial charge in [-0.2, -0.15) is 0 Å². The number of aliphatic hydroxyl groups is 1. The first kappa shape index (κ1) is 24.0. The van der Waals surface area contributed by atoms with Crippen LogP contribution in [0, 0.1) is 0 Å². The lowest BCUT2D eigenvalue weighted by atomic mass is 9.86. The van der Waals surface area contributed by atoms with Crippen LogP contribution in [0.2, 0.25) is 0 Å². The van der Waals surface area contributed by atoms with Gasteiger partial charge in [0.05, 0.1) is 29.0 Å². The Morgan fingerprint density at radius 1 is 1.13 bits per heavy atom. The molecule has 2 aliphatic rings. The Kier molecular flexibility index (Phi) is 5.61. The molecule has 0 saturated heterocycles. The predicted molar refractivity (Wildman–Crippen MR) is 144 cm³/mol. The Morgan fingerprint density at radius 3 is 2.66 bits per heavy atom. The summed E-state index contributed by atoms with van der Waals surface area (Å²) in [6, 6.07) is 16.9. The van der Waals surface area contributed by atoms with E-state index in [1.165, 1.54) is 0 Å². The summed E-state index contributed by atoms with van der Waals surface area (Å²) < 4.78 is 6.79. The smallest absolute Gasteiger partial charge is 0.343 e. The summed E-state index contributed by atoms with van der Waals surface area (Å²) in [5.41, 5.74) is 3.99. The zero-order valence-corrected chi connectivity index (χ0v) is 21.2. The van der Waals surface area contributed by atoms with Crippen LogP contribution in [0.1, 0.15) is 58.4 Å². The second-order valence-electron chi connectivity index (χ2n) is 9.77. The number of allylic oxidation sites excluding steroid dienone is 1. The summed E-state index contributed by atoms with van der Waals surface area (Å²) in [4.78, 5) is 43.4. The topological polar surface area (TPSA) is 98.5 Å². The third-order valence-electron chi connectivity index (χ3n) is 7.58. The highest BCUT2D eigenvalue weighted by molar-refractivity contribution is 6.07. The van der Waals surface area contributed by atoms with Crippen LogP contribution in [0.4, 0.5) is 0 Å². The second kappa shape index (κ2) is 8.89. The van der Waals surface area contributed by atoms with E-state index in [9.17, 15) is 19.5 Å². The monoisotopic (exact) mass is 506 g/mol. The molecule has 0 saturated carbocycles. The van der Waals surface area contributed by atoms with Crippen molar-refractivity contribution in [1.29, 1.82) is 0 Å². The number of ether oxygens (including phenoxy) is 1. The highest BCUT2D eigenvalue weighted by Crippen LogP contribution is 2.39. The largest absolute Gasteiger partial charge is 0.458 e. The van der Waals surface area contributed by atoms with Crippen molar-refractivity contribution in [3.63, 3.8) is 0 Å². The molecule has 4 aromatic rings. The maximum atomic E-state index is 13.4. The summed E-state index contributed by atoms with van der Waals surface area (Å²) in [5, 5.41) is 12.0. The molecule has 0 aliphatic carbocycles. The number of aryl methyl sites for hydroxylation is 1. The van der Waals surface area contributed by atoms with E-state index in [1.54, 1.807) is 35.8 Å². The number of esters is 1. The van der Waals surface area contributed by atoms with E-state index < -0.39 is 11.6 Å². The number of carbonyl (C=O) groups excluding carboxylic acids is 2. The average molecular weight is 507 g/mol. The molecule has 0 unspecified atom stereocenters. The highest BCUT2D eigenvalue weighted by Gasteiger charge is 2.45. The van der Waals surface area contributed by atoms with Gasteiger partial charge < -0.3 is 14.4 Å². The molecule has 1 atom stereocenters. The van der Waals surface area contributed by atoms with Crippen LogP contribution in [0.5, 0.6) is 0 Å². The predicted octanol–water partition coefficient (Wildman–Crippen LogP) is 4.54. The summed E-state index contributed by atoms with van der Waals surface area (Å²) >= 11 is 0. The van der Waals surface area contributed by atoms with Gasteiger partial charge in [-0.3, -0.25) is 9.59 Å². The van der Waals surface area contributed by atoms with Crippen LogP contribution in [0.15, 0.2) is 65.5 Å². The number of nitrogens with zero attached hydrogens (tertiary/aromatic N) is 2. The van der Waals surface area contributed by atoms with Crippen LogP contribution in [-0.4, -0.2) is 26.4 Å². The lowest BCUT2D eigenvalue weighted by Crippen LogP contribution is -2.44. The summed E-state index contributed by atoms with van der Waals surface area (Å²) in [6.45, 7) is 3.92. The number of aromatic nitrogens is 2. The molecular formula is C31H26N2O5. The molecule has 190 valence electrons. The fourth-order valence-electron chi connectivity index (χ4n) is 5.43. The molecule has 2 aromatic heterocycles. The first-order valence-electron chi connectivity index (χ1n) is 12.7. The van der Waals surface area contributed by atoms with Crippen molar-refractivity contribution in [3.05, 3.63) is 104 Å². The number of rotatable bonds is 5. The Labute approximate surface area is 219 Å². The van der Waals surface area contributed by atoms with E-state index in [2.05, 4.69) is 0 Å². The number of pyridine rings is 2. The Bertz CT molecular complexity index is 1740. The number of ketones is 1. The van der Waals surface area contributed by atoms with Gasteiger partial charge in [-0.05, 0) is 54.3 Å². The molecule has 0 amide bonds. The number of fused-ring (bicyclic) bond motifs is 5. The second-order valence-corrected chi connectivity index (χ2v) is 9.77. The Morgan fingerprint density at radius 2 is 1.92 bits per heavy atom. The third-order valence-corrected chi connectivity index (χ3v) is 7.58. The van der Waals surface area contributed by atoms with Crippen LogP contribution in [0.3, 0.4) is 0 Å². The summed E-state index contributed by atoms with van der Waals surface area (Å²) in [5.74, 6) is -0.801. The van der Waals surface area contributed by atoms with Crippen LogP contribution < -0.4 is 5.56 Å². The standard InChI is InChI=1S/C31H26N2O5/c1-3-19-12-18(10-11-26(34)20-8-6-5-7-9-20)13-21-14-22-16-33-25(28(22)32-27(19)21)15-24-23(29(33)35)17-38-30(36)31(24,37)4-2/h5-15,37H,3-4,16-17H2,1-2H3/b11-10+/t31-/m0/s1. The zero-order chi connectivity index (χ0) is 26.6. The van der Waals surface area contributed by atoms with Crippen molar-refractivity contribution in [2.45, 2.75) is 45.4 Å². The quantitative estimate of drug-likeness (QED) is 0.214. The molecular weight excluding hydrogens is 480 g/mol. The van der Waals surface area contributed by atoms with Gasteiger partial charge in [0.1, 0.15) is 6.61 Å². The molecule has 0 fully saturated rings. The lowest BCUT2D eigenvalue weighted by molar-refractivity contribution is -0.172. The number of benzene rings is 2. The van der Waals surface area contributed by atoms with Gasteiger partial charge in [0.2, 0.25) is 0 Å². The minimum Gasteiger partial charge on any atom is -0.458 e. The van der Waals surface area contributed by atoms with Crippen molar-refractivity contribution < 1.29 is 19.4 Å². The fraction of sp³-hybridized carbons (Fsp3) is 0.226. The first-order valence-corrected chi connectivity index (χ1v) is 12.7. The van der Waals surface area contributed by atoms with Gasteiger partial charge in [0, 0.05) is 22.1 Å². The molecule has 7 heteroatoms. The average Bonchev–Trinajstić information content (AvgIpc) is 3.30. The van der Waals surface area contributed by atoms with E-state index in [-0.39, 0.29) is 24.4 Å². The molecule has 7 nitrogen and oxygen atoms in total. The van der Waals surface area contributed by atoms with Gasteiger partial charge in [-0.1, -0.05) is 50.3 Å². The molecule has 6 rings (SSSR count). The number of carbonyl (C=O) groups is 2. The number of hydrogen-bond acceptors (Lipinski definition) is 6. The maximum Gasteiger partial charge on any atom is 0.343 e. The van der Waals surface area contributed by atoms with Crippen molar-refractivity contribution in [2.24, 2.45) is 0 Å². The number of hydrogen-bond donors (Lipinski definition) is 1. The number of cyclic esters (lactones) is 1. The minimum atomic E-state index is -1.85. The lowest BCUT2D eigenvalue weighted by Gasteiger charge is -2.31. The molecule has 4 heterocycles. The van der Waals surface area contributed by atoms with E-state index in [1.807, 2.05) is 49.4 Å². The Hall–Kier alpha value is -4.36. The summed E-state index contributed by atoms with van der Waals surface area (Å²) in [6.07, 6.45) is 4.23.